The second-order valence-electron chi connectivity index (χ2n) is 4.83. The predicted molar refractivity (Wildman–Crippen MR) is 71.3 cm³/mol. The van der Waals surface area contributed by atoms with Crippen LogP contribution in [0.3, 0.4) is 0 Å². The molecule has 0 aromatic carbocycles. The van der Waals surface area contributed by atoms with Gasteiger partial charge in [-0.1, -0.05) is 0 Å². The molecule has 1 aliphatic rings. The quantitative estimate of drug-likeness (QED) is 0.848. The van der Waals surface area contributed by atoms with Crippen LogP contribution in [0.4, 0.5) is 0 Å². The highest BCUT2D eigenvalue weighted by atomic mass is 15.2. The van der Waals surface area contributed by atoms with E-state index in [-0.39, 0.29) is 0 Å². The molecule has 1 aliphatic heterocycles. The van der Waals surface area contributed by atoms with Crippen LogP contribution in [0.2, 0.25) is 0 Å². The number of nitrogens with one attached hydrogen (secondary N) is 1. The standard InChI is InChI=1S/C13H19N5/c1-17-12-9-15-5-3-11(12)16-13(17)10-18-7-2-4-14-6-8-18/h3,5,9,14H,2,4,6-8,10H2,1H3. The van der Waals surface area contributed by atoms with Gasteiger partial charge in [-0.2, -0.15) is 0 Å². The highest BCUT2D eigenvalue weighted by Gasteiger charge is 2.13. The van der Waals surface area contributed by atoms with E-state index in [1.54, 1.807) is 6.20 Å². The lowest BCUT2D eigenvalue weighted by Gasteiger charge is -2.18. The van der Waals surface area contributed by atoms with Gasteiger partial charge in [-0.3, -0.25) is 9.88 Å². The Labute approximate surface area is 107 Å². The van der Waals surface area contributed by atoms with Crippen LogP contribution in [0.15, 0.2) is 18.5 Å². The number of hydrogen-bond donors (Lipinski definition) is 1. The normalized spacial score (nSPS) is 18.1. The van der Waals surface area contributed by atoms with Gasteiger partial charge in [0, 0.05) is 26.3 Å². The minimum atomic E-state index is 0.923. The zero-order valence-corrected chi connectivity index (χ0v) is 10.8. The maximum absolute atomic E-state index is 4.70. The summed E-state index contributed by atoms with van der Waals surface area (Å²) in [6.45, 7) is 5.37. The van der Waals surface area contributed by atoms with E-state index in [2.05, 4.69) is 26.8 Å². The fourth-order valence-electron chi connectivity index (χ4n) is 2.49. The van der Waals surface area contributed by atoms with Crippen molar-refractivity contribution in [1.82, 2.24) is 24.8 Å². The molecule has 1 N–H and O–H groups in total. The molecule has 0 aliphatic carbocycles. The third-order valence-corrected chi connectivity index (χ3v) is 3.57. The van der Waals surface area contributed by atoms with Crippen LogP contribution < -0.4 is 5.32 Å². The van der Waals surface area contributed by atoms with Crippen molar-refractivity contribution in [2.75, 3.05) is 26.2 Å². The lowest BCUT2D eigenvalue weighted by molar-refractivity contribution is 0.275. The molecule has 96 valence electrons. The lowest BCUT2D eigenvalue weighted by Crippen LogP contribution is -2.28. The maximum atomic E-state index is 4.70. The van der Waals surface area contributed by atoms with Crippen molar-refractivity contribution in [3.8, 4) is 0 Å². The summed E-state index contributed by atoms with van der Waals surface area (Å²) in [4.78, 5) is 11.3. The van der Waals surface area contributed by atoms with Gasteiger partial charge in [-0.25, -0.2) is 4.98 Å². The number of aryl methyl sites for hydroxylation is 1. The number of imidazole rings is 1. The van der Waals surface area contributed by atoms with Gasteiger partial charge in [0.1, 0.15) is 5.82 Å². The Bertz CT molecular complexity index is 525. The molecule has 0 unspecified atom stereocenters. The van der Waals surface area contributed by atoms with Crippen LogP contribution in [0.5, 0.6) is 0 Å². The third-order valence-electron chi connectivity index (χ3n) is 3.57. The van der Waals surface area contributed by atoms with E-state index in [0.717, 1.165) is 49.6 Å². The van der Waals surface area contributed by atoms with Gasteiger partial charge < -0.3 is 9.88 Å². The van der Waals surface area contributed by atoms with Crippen molar-refractivity contribution in [2.24, 2.45) is 7.05 Å². The number of aromatic nitrogens is 3. The molecule has 1 fully saturated rings. The summed E-state index contributed by atoms with van der Waals surface area (Å²) >= 11 is 0. The summed E-state index contributed by atoms with van der Waals surface area (Å²) in [6.07, 6.45) is 4.90. The Hall–Kier alpha value is -1.46. The van der Waals surface area contributed by atoms with E-state index in [1.807, 2.05) is 12.3 Å². The average Bonchev–Trinajstić information content (AvgIpc) is 2.58. The Morgan fingerprint density at radius 3 is 3.17 bits per heavy atom. The predicted octanol–water partition coefficient (Wildman–Crippen LogP) is 0.764. The van der Waals surface area contributed by atoms with Crippen molar-refractivity contribution in [3.63, 3.8) is 0 Å². The molecule has 0 bridgehead atoms. The van der Waals surface area contributed by atoms with Crippen LogP contribution in [-0.2, 0) is 13.6 Å². The molecule has 3 heterocycles. The fraction of sp³-hybridized carbons (Fsp3) is 0.538. The molecule has 1 saturated heterocycles. The molecular weight excluding hydrogens is 226 g/mol. The molecule has 2 aromatic heterocycles. The first-order valence-electron chi connectivity index (χ1n) is 6.53. The smallest absolute Gasteiger partial charge is 0.123 e. The summed E-state index contributed by atoms with van der Waals surface area (Å²) in [5, 5.41) is 3.43. The van der Waals surface area contributed by atoms with Crippen molar-refractivity contribution in [2.45, 2.75) is 13.0 Å². The lowest BCUT2D eigenvalue weighted by atomic mass is 10.4. The molecule has 18 heavy (non-hydrogen) atoms. The van der Waals surface area contributed by atoms with Crippen molar-refractivity contribution >= 4 is 11.0 Å². The van der Waals surface area contributed by atoms with Gasteiger partial charge in [0.05, 0.1) is 23.8 Å². The van der Waals surface area contributed by atoms with Gasteiger partial charge in [0.2, 0.25) is 0 Å². The van der Waals surface area contributed by atoms with Crippen molar-refractivity contribution < 1.29 is 0 Å². The Kier molecular flexibility index (Phi) is 3.25. The molecule has 2 aromatic rings. The monoisotopic (exact) mass is 245 g/mol. The third kappa shape index (κ3) is 2.23. The highest BCUT2D eigenvalue weighted by molar-refractivity contribution is 5.74. The zero-order valence-electron chi connectivity index (χ0n) is 10.8. The first kappa shape index (κ1) is 11.6. The summed E-state index contributed by atoms with van der Waals surface area (Å²) < 4.78 is 2.15. The zero-order chi connectivity index (χ0) is 12.4. The molecule has 0 spiro atoms. The maximum Gasteiger partial charge on any atom is 0.123 e. The topological polar surface area (TPSA) is 46.0 Å². The summed E-state index contributed by atoms with van der Waals surface area (Å²) in [7, 11) is 2.07. The van der Waals surface area contributed by atoms with Crippen LogP contribution in [0, 0.1) is 0 Å². The van der Waals surface area contributed by atoms with Gasteiger partial charge in [-0.15, -0.1) is 0 Å². The molecule has 5 heteroatoms. The SMILES string of the molecule is Cn1c(CN2CCCNCC2)nc2ccncc21. The number of pyridine rings is 1. The van der Waals surface area contributed by atoms with E-state index in [0.29, 0.717) is 0 Å². The molecule has 0 atom stereocenters. The second kappa shape index (κ2) is 5.04. The first-order chi connectivity index (χ1) is 8.84. The first-order valence-corrected chi connectivity index (χ1v) is 6.53. The molecule has 0 saturated carbocycles. The molecule has 0 amide bonds. The van der Waals surface area contributed by atoms with Gasteiger partial charge in [0.15, 0.2) is 0 Å². The summed E-state index contributed by atoms with van der Waals surface area (Å²) in [6, 6.07) is 1.98. The van der Waals surface area contributed by atoms with Crippen LogP contribution >= 0.6 is 0 Å². The minimum absolute atomic E-state index is 0.923. The van der Waals surface area contributed by atoms with Crippen molar-refractivity contribution in [3.05, 3.63) is 24.3 Å². The van der Waals surface area contributed by atoms with E-state index in [9.17, 15) is 0 Å². The van der Waals surface area contributed by atoms with Gasteiger partial charge in [-0.05, 0) is 25.6 Å². The number of hydrogen-bond acceptors (Lipinski definition) is 4. The fourth-order valence-corrected chi connectivity index (χ4v) is 2.49. The molecule has 0 radical (unpaired) electrons. The highest BCUT2D eigenvalue weighted by Crippen LogP contribution is 2.14. The van der Waals surface area contributed by atoms with E-state index >= 15 is 0 Å². The van der Waals surface area contributed by atoms with E-state index < -0.39 is 0 Å². The number of fused-ring (bicyclic) bond motifs is 1. The summed E-state index contributed by atoms with van der Waals surface area (Å²) in [5.74, 6) is 1.12. The second-order valence-corrected chi connectivity index (χ2v) is 4.83. The molecule has 3 rings (SSSR count). The Morgan fingerprint density at radius 2 is 2.28 bits per heavy atom. The van der Waals surface area contributed by atoms with Crippen LogP contribution in [-0.4, -0.2) is 45.6 Å². The molecule has 5 nitrogen and oxygen atoms in total. The number of rotatable bonds is 2. The number of nitrogens with zero attached hydrogens (tertiary/aromatic N) is 4. The van der Waals surface area contributed by atoms with Gasteiger partial charge >= 0.3 is 0 Å². The summed E-state index contributed by atoms with van der Waals surface area (Å²) in [5.41, 5.74) is 2.15. The Morgan fingerprint density at radius 1 is 1.33 bits per heavy atom. The average molecular weight is 245 g/mol. The van der Waals surface area contributed by atoms with Crippen molar-refractivity contribution in [1.29, 1.82) is 0 Å². The van der Waals surface area contributed by atoms with E-state index in [1.165, 1.54) is 6.42 Å². The molecular formula is C13H19N5. The Balaban J connectivity index is 1.83. The largest absolute Gasteiger partial charge is 0.329 e. The van der Waals surface area contributed by atoms with Crippen LogP contribution in [0.25, 0.3) is 11.0 Å². The van der Waals surface area contributed by atoms with Crippen LogP contribution in [0.1, 0.15) is 12.2 Å². The van der Waals surface area contributed by atoms with Gasteiger partial charge in [0.25, 0.3) is 0 Å². The van der Waals surface area contributed by atoms with E-state index in [4.69, 9.17) is 4.98 Å². The minimum Gasteiger partial charge on any atom is -0.329 e.